The lowest BCUT2D eigenvalue weighted by Crippen LogP contribution is -2.04. The molecule has 104 valence electrons. The van der Waals surface area contributed by atoms with Gasteiger partial charge in [-0.25, -0.2) is 4.98 Å². The molecule has 0 saturated carbocycles. The maximum Gasteiger partial charge on any atom is 0.349 e. The molecule has 1 aromatic heterocycles. The van der Waals surface area contributed by atoms with Crippen molar-refractivity contribution in [3.05, 3.63) is 51.2 Å². The second kappa shape index (κ2) is 6.16. The Kier molecular flexibility index (Phi) is 4.31. The Balaban J connectivity index is 2.21. The van der Waals surface area contributed by atoms with E-state index in [2.05, 4.69) is 15.3 Å². The van der Waals surface area contributed by atoms with E-state index in [4.69, 9.17) is 16.3 Å². The molecule has 0 unspecified atom stereocenters. The average molecular weight is 295 g/mol. The highest BCUT2D eigenvalue weighted by Gasteiger charge is 2.18. The van der Waals surface area contributed by atoms with E-state index in [1.165, 1.54) is 0 Å². The summed E-state index contributed by atoms with van der Waals surface area (Å²) < 4.78 is 5.39. The highest BCUT2D eigenvalue weighted by molar-refractivity contribution is 6.30. The molecule has 0 spiro atoms. The predicted octanol–water partition coefficient (Wildman–Crippen LogP) is 2.66. The summed E-state index contributed by atoms with van der Waals surface area (Å²) >= 11 is 5.86. The molecule has 20 heavy (non-hydrogen) atoms. The second-order valence-electron chi connectivity index (χ2n) is 3.81. The minimum absolute atomic E-state index is 0.0886. The highest BCUT2D eigenvalue weighted by Crippen LogP contribution is 2.25. The van der Waals surface area contributed by atoms with Crippen molar-refractivity contribution in [3.63, 3.8) is 0 Å². The Morgan fingerprint density at radius 1 is 1.50 bits per heavy atom. The zero-order valence-electron chi connectivity index (χ0n) is 10.5. The van der Waals surface area contributed by atoms with Crippen LogP contribution >= 0.6 is 11.6 Å². The van der Waals surface area contributed by atoms with Crippen LogP contribution in [-0.2, 0) is 6.61 Å². The molecule has 0 aliphatic rings. The number of anilines is 1. The summed E-state index contributed by atoms with van der Waals surface area (Å²) in [6.45, 7) is 0.127. The largest absolute Gasteiger partial charge is 0.468 e. The molecule has 0 aliphatic heterocycles. The topological polar surface area (TPSA) is 90.2 Å². The van der Waals surface area contributed by atoms with Gasteiger partial charge in [0.05, 0.1) is 4.92 Å². The van der Waals surface area contributed by atoms with E-state index >= 15 is 0 Å². The van der Waals surface area contributed by atoms with E-state index in [0.717, 1.165) is 11.8 Å². The van der Waals surface area contributed by atoms with Gasteiger partial charge >= 0.3 is 5.69 Å². The first kappa shape index (κ1) is 14.0. The molecule has 0 aliphatic carbocycles. The lowest BCUT2D eigenvalue weighted by Gasteiger charge is -2.07. The molecule has 1 aromatic carbocycles. The number of ether oxygens (including phenoxy) is 1. The van der Waals surface area contributed by atoms with E-state index in [0.29, 0.717) is 5.02 Å². The second-order valence-corrected chi connectivity index (χ2v) is 4.25. The first-order chi connectivity index (χ1) is 9.60. The highest BCUT2D eigenvalue weighted by atomic mass is 35.5. The number of nitrogens with zero attached hydrogens (tertiary/aromatic N) is 3. The number of aromatic nitrogens is 2. The fourth-order valence-corrected chi connectivity index (χ4v) is 1.70. The van der Waals surface area contributed by atoms with Crippen LogP contribution in [0.2, 0.25) is 5.02 Å². The van der Waals surface area contributed by atoms with Crippen LogP contribution in [0.5, 0.6) is 5.88 Å². The molecule has 0 atom stereocenters. The van der Waals surface area contributed by atoms with Gasteiger partial charge in [-0.1, -0.05) is 23.7 Å². The van der Waals surface area contributed by atoms with Gasteiger partial charge in [-0.3, -0.25) is 10.1 Å². The zero-order valence-corrected chi connectivity index (χ0v) is 11.3. The standard InChI is InChI=1S/C12H11ClN4O3/c1-14-12-15-6-10(17(18)19)11(16-12)20-7-8-3-2-4-9(13)5-8/h2-6H,7H2,1H3,(H,14,15,16). The molecule has 0 bridgehead atoms. The number of halogens is 1. The van der Waals surface area contributed by atoms with Crippen molar-refractivity contribution < 1.29 is 9.66 Å². The van der Waals surface area contributed by atoms with Crippen molar-refractivity contribution in [2.75, 3.05) is 12.4 Å². The Morgan fingerprint density at radius 2 is 2.30 bits per heavy atom. The lowest BCUT2D eigenvalue weighted by molar-refractivity contribution is -0.386. The van der Waals surface area contributed by atoms with Crippen LogP contribution in [0.1, 0.15) is 5.56 Å². The summed E-state index contributed by atoms with van der Waals surface area (Å²) in [4.78, 5) is 18.0. The molecule has 0 radical (unpaired) electrons. The Morgan fingerprint density at radius 3 is 2.95 bits per heavy atom. The molecular weight excluding hydrogens is 284 g/mol. The first-order valence-corrected chi connectivity index (χ1v) is 6.04. The van der Waals surface area contributed by atoms with Crippen molar-refractivity contribution >= 4 is 23.2 Å². The Bertz CT molecular complexity index is 636. The normalized spacial score (nSPS) is 10.1. The predicted molar refractivity (Wildman–Crippen MR) is 74.0 cm³/mol. The van der Waals surface area contributed by atoms with E-state index in [9.17, 15) is 10.1 Å². The van der Waals surface area contributed by atoms with Crippen molar-refractivity contribution in [3.8, 4) is 5.88 Å². The van der Waals surface area contributed by atoms with Crippen LogP contribution in [-0.4, -0.2) is 21.9 Å². The smallest absolute Gasteiger partial charge is 0.349 e. The van der Waals surface area contributed by atoms with E-state index in [1.807, 2.05) is 0 Å². The van der Waals surface area contributed by atoms with Gasteiger partial charge in [0, 0.05) is 12.1 Å². The van der Waals surface area contributed by atoms with Crippen LogP contribution in [0.4, 0.5) is 11.6 Å². The summed E-state index contributed by atoms with van der Waals surface area (Å²) in [7, 11) is 1.61. The van der Waals surface area contributed by atoms with Gasteiger partial charge in [0.1, 0.15) is 12.8 Å². The van der Waals surface area contributed by atoms with Gasteiger partial charge in [-0.05, 0) is 17.7 Å². The van der Waals surface area contributed by atoms with Crippen LogP contribution in [0.25, 0.3) is 0 Å². The van der Waals surface area contributed by atoms with Crippen molar-refractivity contribution in [1.29, 1.82) is 0 Å². The van der Waals surface area contributed by atoms with Crippen LogP contribution in [0.3, 0.4) is 0 Å². The van der Waals surface area contributed by atoms with Crippen LogP contribution < -0.4 is 10.1 Å². The monoisotopic (exact) mass is 294 g/mol. The summed E-state index contributed by atoms with van der Waals surface area (Å²) in [5.41, 5.74) is 0.502. The van der Waals surface area contributed by atoms with Gasteiger partial charge in [0.15, 0.2) is 0 Å². The summed E-state index contributed by atoms with van der Waals surface area (Å²) in [6, 6.07) is 7.02. The van der Waals surface area contributed by atoms with Gasteiger partial charge in [0.2, 0.25) is 5.95 Å². The fraction of sp³-hybridized carbons (Fsp3) is 0.167. The molecule has 8 heteroatoms. The third-order valence-electron chi connectivity index (χ3n) is 2.42. The number of hydrogen-bond donors (Lipinski definition) is 1. The number of nitrogens with one attached hydrogen (secondary N) is 1. The zero-order chi connectivity index (χ0) is 14.5. The molecule has 1 heterocycles. The van der Waals surface area contributed by atoms with E-state index < -0.39 is 4.92 Å². The minimum atomic E-state index is -0.591. The van der Waals surface area contributed by atoms with E-state index in [-0.39, 0.29) is 24.1 Å². The van der Waals surface area contributed by atoms with Crippen LogP contribution in [0, 0.1) is 10.1 Å². The molecule has 2 aromatic rings. The van der Waals surface area contributed by atoms with Crippen molar-refractivity contribution in [2.24, 2.45) is 0 Å². The summed E-state index contributed by atoms with van der Waals surface area (Å²) in [5, 5.41) is 14.2. The molecule has 0 amide bonds. The number of benzene rings is 1. The number of hydrogen-bond acceptors (Lipinski definition) is 6. The maximum absolute atomic E-state index is 10.9. The van der Waals surface area contributed by atoms with E-state index in [1.54, 1.807) is 31.3 Å². The Hall–Kier alpha value is -2.41. The average Bonchev–Trinajstić information content (AvgIpc) is 2.44. The maximum atomic E-state index is 10.9. The van der Waals surface area contributed by atoms with Gasteiger partial charge < -0.3 is 10.1 Å². The molecular formula is C12H11ClN4O3. The quantitative estimate of drug-likeness (QED) is 0.673. The molecule has 0 saturated heterocycles. The van der Waals surface area contributed by atoms with Crippen LogP contribution in [0.15, 0.2) is 30.5 Å². The molecule has 0 fully saturated rings. The number of nitro groups is 1. The summed E-state index contributed by atoms with van der Waals surface area (Å²) in [6.07, 6.45) is 1.10. The lowest BCUT2D eigenvalue weighted by atomic mass is 10.2. The SMILES string of the molecule is CNc1ncc([N+](=O)[O-])c(OCc2cccc(Cl)c2)n1. The van der Waals surface area contributed by atoms with Gasteiger partial charge in [0.25, 0.3) is 5.88 Å². The first-order valence-electron chi connectivity index (χ1n) is 5.66. The van der Waals surface area contributed by atoms with Crippen molar-refractivity contribution in [2.45, 2.75) is 6.61 Å². The molecule has 1 N–H and O–H groups in total. The van der Waals surface area contributed by atoms with Gasteiger partial charge in [-0.15, -0.1) is 0 Å². The Labute approximate surface area is 119 Å². The molecule has 2 rings (SSSR count). The van der Waals surface area contributed by atoms with Crippen molar-refractivity contribution in [1.82, 2.24) is 9.97 Å². The van der Waals surface area contributed by atoms with Gasteiger partial charge in [-0.2, -0.15) is 4.98 Å². The third kappa shape index (κ3) is 3.33. The fourth-order valence-electron chi connectivity index (χ4n) is 1.49. The molecule has 7 nitrogen and oxygen atoms in total. The minimum Gasteiger partial charge on any atom is -0.468 e. The summed E-state index contributed by atoms with van der Waals surface area (Å²) in [5.74, 6) is 0.158. The third-order valence-corrected chi connectivity index (χ3v) is 2.66. The number of rotatable bonds is 5.